The number of aryl methyl sites for hydroxylation is 1. The predicted octanol–water partition coefficient (Wildman–Crippen LogP) is 3.32. The number of hydrogen-bond donors (Lipinski definition) is 1. The van der Waals surface area contributed by atoms with Gasteiger partial charge >= 0.3 is 0 Å². The highest BCUT2D eigenvalue weighted by molar-refractivity contribution is 5.79. The third kappa shape index (κ3) is 2.03. The molecule has 98 valence electrons. The summed E-state index contributed by atoms with van der Waals surface area (Å²) in [6.45, 7) is 2.16. The van der Waals surface area contributed by atoms with Gasteiger partial charge in [0.2, 0.25) is 0 Å². The smallest absolute Gasteiger partial charge is 0.0950 e. The zero-order chi connectivity index (χ0) is 12.7. The summed E-state index contributed by atoms with van der Waals surface area (Å²) in [7, 11) is 0. The molecule has 0 atom stereocenters. The van der Waals surface area contributed by atoms with E-state index in [0.29, 0.717) is 0 Å². The number of fused-ring (bicyclic) bond motifs is 1. The summed E-state index contributed by atoms with van der Waals surface area (Å²) in [6.07, 6.45) is 9.26. The number of benzene rings is 1. The first-order valence-corrected chi connectivity index (χ1v) is 7.28. The van der Waals surface area contributed by atoms with Crippen molar-refractivity contribution in [2.45, 2.75) is 32.2 Å². The monoisotopic (exact) mass is 253 g/mol. The number of aromatic nitrogens is 2. The second kappa shape index (κ2) is 4.41. The van der Waals surface area contributed by atoms with Gasteiger partial charge in [0, 0.05) is 24.3 Å². The van der Waals surface area contributed by atoms with Crippen molar-refractivity contribution in [3.63, 3.8) is 0 Å². The molecule has 1 N–H and O–H groups in total. The fourth-order valence-corrected chi connectivity index (χ4v) is 3.00. The van der Waals surface area contributed by atoms with E-state index in [1.54, 1.807) is 0 Å². The lowest BCUT2D eigenvalue weighted by molar-refractivity contribution is 0.600. The van der Waals surface area contributed by atoms with Gasteiger partial charge in [-0.2, -0.15) is 0 Å². The van der Waals surface area contributed by atoms with Gasteiger partial charge in [-0.25, -0.2) is 4.98 Å². The van der Waals surface area contributed by atoms with Crippen molar-refractivity contribution < 1.29 is 0 Å². The number of nitrogens with one attached hydrogen (secondary N) is 1. The maximum atomic E-state index is 4.36. The first-order valence-electron chi connectivity index (χ1n) is 7.28. The first-order chi connectivity index (χ1) is 9.42. The molecule has 0 saturated heterocycles. The van der Waals surface area contributed by atoms with E-state index in [1.807, 2.05) is 12.5 Å². The molecule has 0 spiro atoms. The highest BCUT2D eigenvalue weighted by atomic mass is 15.0. The molecule has 1 aliphatic carbocycles. The normalized spacial score (nSPS) is 17.3. The summed E-state index contributed by atoms with van der Waals surface area (Å²) in [5.41, 5.74) is 5.32. The van der Waals surface area contributed by atoms with E-state index in [-0.39, 0.29) is 0 Å². The van der Waals surface area contributed by atoms with Gasteiger partial charge in [0.15, 0.2) is 0 Å². The third-order valence-electron chi connectivity index (χ3n) is 4.31. The highest BCUT2D eigenvalue weighted by Crippen LogP contribution is 2.36. The summed E-state index contributed by atoms with van der Waals surface area (Å²) in [5.74, 6) is 0.967. The molecule has 0 unspecified atom stereocenters. The number of imidazole rings is 1. The second-order valence-electron chi connectivity index (χ2n) is 5.72. The molecule has 2 aliphatic rings. The van der Waals surface area contributed by atoms with Crippen molar-refractivity contribution in [2.24, 2.45) is 5.92 Å². The lowest BCUT2D eigenvalue weighted by Gasteiger charge is -2.12. The quantitative estimate of drug-likeness (QED) is 0.906. The molecule has 1 aliphatic heterocycles. The van der Waals surface area contributed by atoms with Gasteiger partial charge in [0.05, 0.1) is 18.2 Å². The maximum absolute atomic E-state index is 4.36. The number of hydrogen-bond acceptors (Lipinski definition) is 2. The van der Waals surface area contributed by atoms with Crippen LogP contribution in [0.5, 0.6) is 0 Å². The molecule has 1 aromatic carbocycles. The number of rotatable bonds is 4. The first kappa shape index (κ1) is 11.1. The van der Waals surface area contributed by atoms with E-state index in [0.717, 1.165) is 25.4 Å². The van der Waals surface area contributed by atoms with Gasteiger partial charge in [-0.15, -0.1) is 0 Å². The number of anilines is 1. The van der Waals surface area contributed by atoms with Crippen molar-refractivity contribution >= 4 is 5.69 Å². The van der Waals surface area contributed by atoms with Gasteiger partial charge in [0.25, 0.3) is 0 Å². The summed E-state index contributed by atoms with van der Waals surface area (Å²) < 4.78 is 2.31. The lowest BCUT2D eigenvalue weighted by Crippen LogP contribution is -2.01. The Hall–Kier alpha value is -1.77. The molecular formula is C16H19N3. The zero-order valence-corrected chi connectivity index (χ0v) is 11.1. The van der Waals surface area contributed by atoms with Gasteiger partial charge < -0.3 is 9.88 Å². The largest absolute Gasteiger partial charge is 0.384 e. The predicted molar refractivity (Wildman–Crippen MR) is 77.2 cm³/mol. The van der Waals surface area contributed by atoms with Crippen LogP contribution in [-0.4, -0.2) is 16.1 Å². The van der Waals surface area contributed by atoms with E-state index in [4.69, 9.17) is 0 Å². The highest BCUT2D eigenvalue weighted by Gasteiger charge is 2.22. The summed E-state index contributed by atoms with van der Waals surface area (Å²) in [4.78, 5) is 4.36. The van der Waals surface area contributed by atoms with Gasteiger partial charge in [0.1, 0.15) is 0 Å². The Morgan fingerprint density at radius 2 is 2.26 bits per heavy atom. The molecule has 0 radical (unpaired) electrons. The van der Waals surface area contributed by atoms with Crippen molar-refractivity contribution in [3.05, 3.63) is 36.3 Å². The molecule has 0 bridgehead atoms. The van der Waals surface area contributed by atoms with Crippen LogP contribution >= 0.6 is 0 Å². The van der Waals surface area contributed by atoms with E-state index in [2.05, 4.69) is 33.1 Å². The molecule has 1 saturated carbocycles. The zero-order valence-electron chi connectivity index (χ0n) is 11.1. The minimum atomic E-state index is 0.967. The Kier molecular flexibility index (Phi) is 2.57. The minimum Gasteiger partial charge on any atom is -0.384 e. The molecule has 0 amide bonds. The average Bonchev–Trinajstić information content (AvgIpc) is 2.96. The Bertz CT molecular complexity index is 596. The average molecular weight is 253 g/mol. The number of para-hydroxylation sites is 1. The van der Waals surface area contributed by atoms with Gasteiger partial charge in [-0.3, -0.25) is 0 Å². The summed E-state index contributed by atoms with van der Waals surface area (Å²) in [6, 6.07) is 6.60. The van der Waals surface area contributed by atoms with Crippen LogP contribution in [0.25, 0.3) is 11.3 Å². The van der Waals surface area contributed by atoms with E-state index in [9.17, 15) is 0 Å². The Balaban J connectivity index is 1.68. The molecule has 1 aromatic heterocycles. The Morgan fingerprint density at radius 1 is 1.32 bits per heavy atom. The molecule has 3 nitrogen and oxygen atoms in total. The lowest BCUT2D eigenvalue weighted by atomic mass is 10.1. The SMILES string of the molecule is c1cc2c(c(-c3cncn3CCC3CC3)c1)NCC2. The molecule has 2 heterocycles. The van der Waals surface area contributed by atoms with Gasteiger partial charge in [-0.1, -0.05) is 31.0 Å². The van der Waals surface area contributed by atoms with E-state index in [1.165, 1.54) is 41.8 Å². The van der Waals surface area contributed by atoms with E-state index < -0.39 is 0 Å². The molecule has 2 aromatic rings. The van der Waals surface area contributed by atoms with Crippen LogP contribution in [0, 0.1) is 5.92 Å². The van der Waals surface area contributed by atoms with Crippen molar-refractivity contribution in [2.75, 3.05) is 11.9 Å². The standard InChI is InChI=1S/C16H19N3/c1-2-13-6-8-18-16(13)14(3-1)15-10-17-11-19(15)9-7-12-4-5-12/h1-3,10-12,18H,4-9H2. The van der Waals surface area contributed by atoms with Gasteiger partial charge in [-0.05, 0) is 24.3 Å². The Morgan fingerprint density at radius 3 is 3.16 bits per heavy atom. The summed E-state index contributed by atoms with van der Waals surface area (Å²) >= 11 is 0. The minimum absolute atomic E-state index is 0.967. The molecule has 19 heavy (non-hydrogen) atoms. The van der Waals surface area contributed by atoms with Crippen LogP contribution in [-0.2, 0) is 13.0 Å². The van der Waals surface area contributed by atoms with Crippen molar-refractivity contribution in [1.29, 1.82) is 0 Å². The second-order valence-corrected chi connectivity index (χ2v) is 5.72. The molecule has 4 rings (SSSR count). The van der Waals surface area contributed by atoms with Crippen LogP contribution in [0.2, 0.25) is 0 Å². The van der Waals surface area contributed by atoms with Crippen molar-refractivity contribution in [3.8, 4) is 11.3 Å². The van der Waals surface area contributed by atoms with Crippen LogP contribution in [0.15, 0.2) is 30.7 Å². The molecular weight excluding hydrogens is 234 g/mol. The third-order valence-corrected chi connectivity index (χ3v) is 4.31. The fraction of sp³-hybridized carbons (Fsp3) is 0.438. The van der Waals surface area contributed by atoms with E-state index >= 15 is 0 Å². The summed E-state index contributed by atoms with van der Waals surface area (Å²) in [5, 5.41) is 3.52. The fourth-order valence-electron chi connectivity index (χ4n) is 3.00. The Labute approximate surface area is 113 Å². The maximum Gasteiger partial charge on any atom is 0.0950 e. The van der Waals surface area contributed by atoms with Crippen LogP contribution in [0.3, 0.4) is 0 Å². The number of nitrogens with zero attached hydrogens (tertiary/aromatic N) is 2. The van der Waals surface area contributed by atoms with Crippen LogP contribution in [0.4, 0.5) is 5.69 Å². The van der Waals surface area contributed by atoms with Crippen LogP contribution in [0.1, 0.15) is 24.8 Å². The van der Waals surface area contributed by atoms with Crippen molar-refractivity contribution in [1.82, 2.24) is 9.55 Å². The molecule has 3 heteroatoms. The topological polar surface area (TPSA) is 29.9 Å². The molecule has 1 fully saturated rings. The van der Waals surface area contributed by atoms with Crippen LogP contribution < -0.4 is 5.32 Å².